The summed E-state index contributed by atoms with van der Waals surface area (Å²) in [6.45, 7) is 5.13. The van der Waals surface area contributed by atoms with Gasteiger partial charge in [0.2, 0.25) is 0 Å². The van der Waals surface area contributed by atoms with Gasteiger partial charge in [-0.3, -0.25) is 0 Å². The molecule has 0 amide bonds. The van der Waals surface area contributed by atoms with Crippen LogP contribution >= 0.6 is 0 Å². The van der Waals surface area contributed by atoms with E-state index in [0.717, 1.165) is 30.8 Å². The fraction of sp³-hybridized carbons (Fsp3) is 0.538. The Labute approximate surface area is 97.8 Å². The molecule has 0 atom stereocenters. The van der Waals surface area contributed by atoms with Gasteiger partial charge in [0.15, 0.2) is 0 Å². The zero-order valence-corrected chi connectivity index (χ0v) is 10.2. The minimum Gasteiger partial charge on any atom is -0.370 e. The first-order valence-corrected chi connectivity index (χ1v) is 6.06. The molecule has 0 aromatic carbocycles. The van der Waals surface area contributed by atoms with Crippen LogP contribution in [-0.4, -0.2) is 17.2 Å². The lowest BCUT2D eigenvalue weighted by Gasteiger charge is -2.10. The summed E-state index contributed by atoms with van der Waals surface area (Å²) in [7, 11) is 0. The number of aromatic nitrogens is 1. The zero-order valence-electron chi connectivity index (χ0n) is 10.2. The average molecular weight is 219 g/mol. The molecule has 0 unspecified atom stereocenters. The molecule has 1 aromatic rings. The highest BCUT2D eigenvalue weighted by molar-refractivity contribution is 6.01. The smallest absolute Gasteiger partial charge is 0.135 e. The normalized spacial score (nSPS) is 10.1. The van der Waals surface area contributed by atoms with E-state index in [9.17, 15) is 0 Å². The summed E-state index contributed by atoms with van der Waals surface area (Å²) in [5.41, 5.74) is 1.58. The Hall–Kier alpha value is -1.38. The monoisotopic (exact) mass is 219 g/mol. The minimum absolute atomic E-state index is 0.645. The third-order valence-corrected chi connectivity index (χ3v) is 2.56. The molecule has 0 bridgehead atoms. The molecule has 0 saturated heterocycles. The van der Waals surface area contributed by atoms with Crippen molar-refractivity contribution in [2.75, 3.05) is 11.9 Å². The lowest BCUT2D eigenvalue weighted by Crippen LogP contribution is -2.09. The highest BCUT2D eigenvalue weighted by Gasteiger charge is 2.05. The summed E-state index contributed by atoms with van der Waals surface area (Å²) in [5, 5.41) is 11.2. The van der Waals surface area contributed by atoms with Crippen molar-refractivity contribution in [3.8, 4) is 0 Å². The standard InChI is InChI=1S/C13H21N3/c1-3-5-6-9-15-13-11(12(14)4-2)8-7-10-16-13/h7-8,10,14H,3-6,9H2,1-2H3,(H,15,16). The molecule has 3 nitrogen and oxygen atoms in total. The summed E-state index contributed by atoms with van der Waals surface area (Å²) in [6, 6.07) is 3.84. The van der Waals surface area contributed by atoms with Crippen molar-refractivity contribution in [3.05, 3.63) is 23.9 Å². The molecule has 0 aliphatic rings. The summed E-state index contributed by atoms with van der Waals surface area (Å²) in [5.74, 6) is 0.852. The Bertz CT molecular complexity index is 334. The van der Waals surface area contributed by atoms with Crippen LogP contribution in [-0.2, 0) is 0 Å². The molecule has 0 radical (unpaired) electrons. The van der Waals surface area contributed by atoms with E-state index in [2.05, 4.69) is 17.2 Å². The Morgan fingerprint density at radius 3 is 2.88 bits per heavy atom. The molecule has 3 heteroatoms. The van der Waals surface area contributed by atoms with Crippen molar-refractivity contribution in [3.63, 3.8) is 0 Å². The molecule has 1 aromatic heterocycles. The van der Waals surface area contributed by atoms with E-state index < -0.39 is 0 Å². The predicted molar refractivity (Wildman–Crippen MR) is 69.4 cm³/mol. The lowest BCUT2D eigenvalue weighted by atomic mass is 10.1. The maximum Gasteiger partial charge on any atom is 0.135 e. The van der Waals surface area contributed by atoms with Gasteiger partial charge in [0, 0.05) is 24.0 Å². The van der Waals surface area contributed by atoms with Gasteiger partial charge in [0.1, 0.15) is 5.82 Å². The molecule has 0 aliphatic carbocycles. The second-order valence-electron chi connectivity index (χ2n) is 3.87. The second kappa shape index (κ2) is 6.99. The molecule has 0 fully saturated rings. The number of unbranched alkanes of at least 4 members (excludes halogenated alkanes) is 2. The fourth-order valence-electron chi connectivity index (χ4n) is 1.56. The number of rotatable bonds is 7. The maximum absolute atomic E-state index is 7.86. The van der Waals surface area contributed by atoms with Gasteiger partial charge in [0.05, 0.1) is 0 Å². The number of pyridine rings is 1. The summed E-state index contributed by atoms with van der Waals surface area (Å²) in [6.07, 6.45) is 6.14. The maximum atomic E-state index is 7.86. The van der Waals surface area contributed by atoms with Crippen LogP contribution in [0.3, 0.4) is 0 Å². The van der Waals surface area contributed by atoms with E-state index in [4.69, 9.17) is 5.41 Å². The first-order valence-electron chi connectivity index (χ1n) is 6.06. The van der Waals surface area contributed by atoms with Crippen molar-refractivity contribution in [2.45, 2.75) is 39.5 Å². The van der Waals surface area contributed by atoms with E-state index in [1.807, 2.05) is 19.1 Å². The average Bonchev–Trinajstić information content (AvgIpc) is 2.34. The van der Waals surface area contributed by atoms with Gasteiger partial charge in [-0.1, -0.05) is 26.7 Å². The van der Waals surface area contributed by atoms with Crippen molar-refractivity contribution in [2.24, 2.45) is 0 Å². The number of hydrogen-bond acceptors (Lipinski definition) is 3. The van der Waals surface area contributed by atoms with Gasteiger partial charge in [0.25, 0.3) is 0 Å². The number of anilines is 1. The summed E-state index contributed by atoms with van der Waals surface area (Å²) in [4.78, 5) is 4.29. The van der Waals surface area contributed by atoms with E-state index >= 15 is 0 Å². The molecule has 0 saturated carbocycles. The number of nitrogens with one attached hydrogen (secondary N) is 2. The first-order chi connectivity index (χ1) is 7.79. The third kappa shape index (κ3) is 3.65. The van der Waals surface area contributed by atoms with Crippen LogP contribution in [0.1, 0.15) is 45.1 Å². The number of hydrogen-bond donors (Lipinski definition) is 2. The molecule has 88 valence electrons. The number of nitrogens with zero attached hydrogens (tertiary/aromatic N) is 1. The molecule has 1 heterocycles. The van der Waals surface area contributed by atoms with Crippen molar-refractivity contribution < 1.29 is 0 Å². The van der Waals surface area contributed by atoms with E-state index in [1.165, 1.54) is 12.8 Å². The predicted octanol–water partition coefficient (Wildman–Crippen LogP) is 3.46. The van der Waals surface area contributed by atoms with Crippen molar-refractivity contribution >= 4 is 11.5 Å². The van der Waals surface area contributed by atoms with Crippen LogP contribution < -0.4 is 5.32 Å². The second-order valence-corrected chi connectivity index (χ2v) is 3.87. The zero-order chi connectivity index (χ0) is 11.8. The van der Waals surface area contributed by atoms with Crippen molar-refractivity contribution in [1.29, 1.82) is 5.41 Å². The van der Waals surface area contributed by atoms with E-state index in [0.29, 0.717) is 5.71 Å². The first kappa shape index (κ1) is 12.7. The summed E-state index contributed by atoms with van der Waals surface area (Å²) >= 11 is 0. The Morgan fingerprint density at radius 1 is 1.38 bits per heavy atom. The van der Waals surface area contributed by atoms with Crippen LogP contribution in [0.5, 0.6) is 0 Å². The molecule has 1 rings (SSSR count). The Morgan fingerprint density at radius 2 is 2.19 bits per heavy atom. The van der Waals surface area contributed by atoms with Gasteiger partial charge in [-0.25, -0.2) is 4.98 Å². The largest absolute Gasteiger partial charge is 0.370 e. The highest BCUT2D eigenvalue weighted by atomic mass is 15.0. The van der Waals surface area contributed by atoms with Gasteiger partial charge in [-0.2, -0.15) is 0 Å². The highest BCUT2D eigenvalue weighted by Crippen LogP contribution is 2.13. The van der Waals surface area contributed by atoms with Crippen molar-refractivity contribution in [1.82, 2.24) is 4.98 Å². The van der Waals surface area contributed by atoms with Crippen LogP contribution in [0.4, 0.5) is 5.82 Å². The van der Waals surface area contributed by atoms with Gasteiger partial charge in [-0.15, -0.1) is 0 Å². The Kier molecular flexibility index (Phi) is 5.54. The minimum atomic E-state index is 0.645. The molecule has 0 aliphatic heterocycles. The SMILES string of the molecule is CCCCCNc1ncccc1C(=N)CC. The lowest BCUT2D eigenvalue weighted by molar-refractivity contribution is 0.742. The van der Waals surface area contributed by atoms with Crippen LogP contribution in [0, 0.1) is 5.41 Å². The topological polar surface area (TPSA) is 48.8 Å². The van der Waals surface area contributed by atoms with Gasteiger partial charge < -0.3 is 10.7 Å². The molecule has 2 N–H and O–H groups in total. The molecular weight excluding hydrogens is 198 g/mol. The quantitative estimate of drug-likeness (QED) is 0.545. The fourth-order valence-corrected chi connectivity index (χ4v) is 1.56. The van der Waals surface area contributed by atoms with Crippen LogP contribution in [0.25, 0.3) is 0 Å². The Balaban J connectivity index is 2.60. The third-order valence-electron chi connectivity index (χ3n) is 2.56. The van der Waals surface area contributed by atoms with E-state index in [-0.39, 0.29) is 0 Å². The van der Waals surface area contributed by atoms with E-state index in [1.54, 1.807) is 6.20 Å². The van der Waals surface area contributed by atoms with Gasteiger partial charge in [-0.05, 0) is 25.0 Å². The summed E-state index contributed by atoms with van der Waals surface area (Å²) < 4.78 is 0. The van der Waals surface area contributed by atoms with Crippen LogP contribution in [0.2, 0.25) is 0 Å². The molecular formula is C13H21N3. The van der Waals surface area contributed by atoms with Crippen LogP contribution in [0.15, 0.2) is 18.3 Å². The van der Waals surface area contributed by atoms with Gasteiger partial charge >= 0.3 is 0 Å². The molecule has 0 spiro atoms. The molecule has 16 heavy (non-hydrogen) atoms.